The fourth-order valence-electron chi connectivity index (χ4n) is 3.44. The van der Waals surface area contributed by atoms with E-state index in [1.165, 1.54) is 0 Å². The Hall–Kier alpha value is -2.86. The van der Waals surface area contributed by atoms with Crippen molar-refractivity contribution in [1.82, 2.24) is 0 Å². The molecule has 2 aromatic carbocycles. The first-order chi connectivity index (χ1) is 12.1. The maximum atomic E-state index is 12.5. The van der Waals surface area contributed by atoms with Gasteiger partial charge in [0, 0.05) is 5.39 Å². The minimum atomic E-state index is -0.395. The van der Waals surface area contributed by atoms with Crippen LogP contribution in [0.25, 0.3) is 10.8 Å². The standard InChI is InChI=1S/C19H11BrN2O3/c20-17-14-13(11-7-3-4-8-12(11)22-17)16-15(24-18(14)21)9-5-1-2-6-10(9)19(23)25-16/h1-8,13H,21H2. The van der Waals surface area contributed by atoms with Crippen molar-refractivity contribution in [2.24, 2.45) is 10.7 Å². The van der Waals surface area contributed by atoms with Gasteiger partial charge in [0.2, 0.25) is 0 Å². The molecule has 5 nitrogen and oxygen atoms in total. The van der Waals surface area contributed by atoms with Crippen molar-refractivity contribution >= 4 is 37.0 Å². The Bertz CT molecular complexity index is 1180. The summed E-state index contributed by atoms with van der Waals surface area (Å²) in [5, 5.41) is 1.15. The summed E-state index contributed by atoms with van der Waals surface area (Å²) in [7, 11) is 0. The molecule has 1 atom stereocenters. The topological polar surface area (TPSA) is 77.8 Å². The van der Waals surface area contributed by atoms with E-state index < -0.39 is 5.63 Å². The number of fused-ring (bicyclic) bond motifs is 7. The Balaban J connectivity index is 1.91. The molecule has 2 aliphatic rings. The normalized spacial score (nSPS) is 18.1. The van der Waals surface area contributed by atoms with E-state index >= 15 is 0 Å². The third-order valence-corrected chi connectivity index (χ3v) is 5.14. The highest BCUT2D eigenvalue weighted by atomic mass is 79.9. The summed E-state index contributed by atoms with van der Waals surface area (Å²) in [6.45, 7) is 0. The van der Waals surface area contributed by atoms with Crippen LogP contribution in [0.1, 0.15) is 17.2 Å². The summed E-state index contributed by atoms with van der Waals surface area (Å²) < 4.78 is 12.1. The monoisotopic (exact) mass is 394 g/mol. The summed E-state index contributed by atoms with van der Waals surface area (Å²) in [4.78, 5) is 17.0. The summed E-state index contributed by atoms with van der Waals surface area (Å²) in [6.07, 6.45) is 0. The van der Waals surface area contributed by atoms with Gasteiger partial charge in [-0.05, 0) is 33.6 Å². The van der Waals surface area contributed by atoms with Crippen molar-refractivity contribution in [3.05, 3.63) is 81.7 Å². The Morgan fingerprint density at radius 1 is 1.04 bits per heavy atom. The zero-order valence-corrected chi connectivity index (χ0v) is 14.4. The number of para-hydroxylation sites is 1. The molecular weight excluding hydrogens is 384 g/mol. The highest BCUT2D eigenvalue weighted by Gasteiger charge is 2.39. The highest BCUT2D eigenvalue weighted by Crippen LogP contribution is 2.50. The third-order valence-electron chi connectivity index (χ3n) is 4.54. The molecule has 25 heavy (non-hydrogen) atoms. The lowest BCUT2D eigenvalue weighted by Crippen LogP contribution is -2.27. The zero-order chi connectivity index (χ0) is 17.1. The van der Waals surface area contributed by atoms with Gasteiger partial charge in [-0.3, -0.25) is 0 Å². The first-order valence-corrected chi connectivity index (χ1v) is 8.51. The van der Waals surface area contributed by atoms with Crippen molar-refractivity contribution in [1.29, 1.82) is 0 Å². The van der Waals surface area contributed by atoms with Crippen LogP contribution in [0.3, 0.4) is 0 Å². The maximum absolute atomic E-state index is 12.5. The molecule has 2 aliphatic heterocycles. The number of rotatable bonds is 0. The van der Waals surface area contributed by atoms with E-state index in [9.17, 15) is 4.79 Å². The Morgan fingerprint density at radius 2 is 1.76 bits per heavy atom. The van der Waals surface area contributed by atoms with E-state index in [0.717, 1.165) is 11.3 Å². The lowest BCUT2D eigenvalue weighted by atomic mass is 9.84. The number of hydrogen-bond donors (Lipinski definition) is 1. The van der Waals surface area contributed by atoms with E-state index in [-0.39, 0.29) is 11.8 Å². The molecule has 0 radical (unpaired) electrons. The molecule has 3 aromatic rings. The fraction of sp³-hybridized carbons (Fsp3) is 0.0526. The van der Waals surface area contributed by atoms with Gasteiger partial charge in [-0.15, -0.1) is 0 Å². The molecule has 0 bridgehead atoms. The minimum absolute atomic E-state index is 0.252. The molecule has 2 N–H and O–H groups in total. The number of hydrogen-bond acceptors (Lipinski definition) is 5. The van der Waals surface area contributed by atoms with E-state index in [4.69, 9.17) is 14.9 Å². The predicted molar refractivity (Wildman–Crippen MR) is 98.6 cm³/mol. The second-order valence-corrected chi connectivity index (χ2v) is 6.65. The molecule has 122 valence electrons. The highest BCUT2D eigenvalue weighted by molar-refractivity contribution is 9.18. The number of benzene rings is 2. The lowest BCUT2D eigenvalue weighted by Gasteiger charge is -2.31. The van der Waals surface area contributed by atoms with Gasteiger partial charge in [0.15, 0.2) is 17.4 Å². The number of halogens is 1. The van der Waals surface area contributed by atoms with E-state index in [2.05, 4.69) is 20.9 Å². The van der Waals surface area contributed by atoms with Crippen LogP contribution >= 0.6 is 15.9 Å². The average molecular weight is 395 g/mol. The summed E-state index contributed by atoms with van der Waals surface area (Å²) in [5.41, 5.74) is 8.21. The maximum Gasteiger partial charge on any atom is 0.344 e. The van der Waals surface area contributed by atoms with Crippen molar-refractivity contribution < 1.29 is 9.15 Å². The molecule has 6 heteroatoms. The third kappa shape index (κ3) is 1.94. The second-order valence-electron chi connectivity index (χ2n) is 5.90. The van der Waals surface area contributed by atoms with E-state index in [0.29, 0.717) is 32.5 Å². The number of nitrogens with zero attached hydrogens (tertiary/aromatic N) is 1. The number of aliphatic imine (C=N–C) groups is 1. The molecule has 1 unspecified atom stereocenters. The number of ether oxygens (including phenoxy) is 1. The van der Waals surface area contributed by atoms with E-state index in [1.807, 2.05) is 36.4 Å². The largest absolute Gasteiger partial charge is 0.437 e. The van der Waals surface area contributed by atoms with Gasteiger partial charge in [0.25, 0.3) is 0 Å². The summed E-state index contributed by atoms with van der Waals surface area (Å²) in [5.74, 6) is 0.844. The number of allylic oxidation sites excluding steroid dienone is 1. The quantitative estimate of drug-likeness (QED) is 0.626. The smallest absolute Gasteiger partial charge is 0.344 e. The SMILES string of the molecule is NC1=C2C(Br)=Nc3ccccc3C2c2oc(=O)c3ccccc3c2O1. The van der Waals surface area contributed by atoms with Crippen LogP contribution in [0.2, 0.25) is 0 Å². The first-order valence-electron chi connectivity index (χ1n) is 7.72. The van der Waals surface area contributed by atoms with Gasteiger partial charge in [-0.25, -0.2) is 9.79 Å². The van der Waals surface area contributed by atoms with Crippen molar-refractivity contribution in [2.75, 3.05) is 0 Å². The second kappa shape index (κ2) is 5.07. The Kier molecular flexibility index (Phi) is 2.93. The summed E-state index contributed by atoms with van der Waals surface area (Å²) in [6, 6.07) is 14.9. The molecule has 3 heterocycles. The van der Waals surface area contributed by atoms with Gasteiger partial charge in [-0.1, -0.05) is 36.4 Å². The van der Waals surface area contributed by atoms with Crippen molar-refractivity contribution in [3.63, 3.8) is 0 Å². The predicted octanol–water partition coefficient (Wildman–Crippen LogP) is 3.93. The minimum Gasteiger partial charge on any atom is -0.437 e. The van der Waals surface area contributed by atoms with Crippen LogP contribution in [-0.2, 0) is 0 Å². The first kappa shape index (κ1) is 14.5. The molecule has 5 rings (SSSR count). The van der Waals surface area contributed by atoms with Gasteiger partial charge in [0.05, 0.1) is 22.6 Å². The van der Waals surface area contributed by atoms with Crippen LogP contribution in [-0.4, -0.2) is 4.62 Å². The van der Waals surface area contributed by atoms with E-state index in [1.54, 1.807) is 12.1 Å². The van der Waals surface area contributed by atoms with Gasteiger partial charge >= 0.3 is 5.63 Å². The van der Waals surface area contributed by atoms with Crippen LogP contribution in [0.4, 0.5) is 5.69 Å². The molecule has 0 spiro atoms. The zero-order valence-electron chi connectivity index (χ0n) is 12.8. The molecular formula is C19H11BrN2O3. The Labute approximate surface area is 150 Å². The van der Waals surface area contributed by atoms with Gasteiger partial charge in [-0.2, -0.15) is 0 Å². The summed E-state index contributed by atoms with van der Waals surface area (Å²) >= 11 is 3.47. The van der Waals surface area contributed by atoms with Gasteiger partial charge < -0.3 is 14.9 Å². The average Bonchev–Trinajstić information content (AvgIpc) is 2.62. The van der Waals surface area contributed by atoms with Crippen molar-refractivity contribution in [2.45, 2.75) is 5.92 Å². The van der Waals surface area contributed by atoms with Gasteiger partial charge in [0.1, 0.15) is 4.62 Å². The molecule has 0 saturated carbocycles. The van der Waals surface area contributed by atoms with Crippen LogP contribution in [0.15, 0.2) is 74.2 Å². The molecule has 0 amide bonds. The van der Waals surface area contributed by atoms with Crippen molar-refractivity contribution in [3.8, 4) is 5.75 Å². The Morgan fingerprint density at radius 3 is 2.60 bits per heavy atom. The lowest BCUT2D eigenvalue weighted by molar-refractivity contribution is 0.347. The van der Waals surface area contributed by atoms with Crippen LogP contribution in [0.5, 0.6) is 5.75 Å². The molecule has 1 aromatic heterocycles. The molecule has 0 fully saturated rings. The number of nitrogens with two attached hydrogens (primary N) is 1. The van der Waals surface area contributed by atoms with Crippen LogP contribution in [0, 0.1) is 0 Å². The van der Waals surface area contributed by atoms with Crippen LogP contribution < -0.4 is 16.1 Å². The molecule has 0 aliphatic carbocycles. The fourth-order valence-corrected chi connectivity index (χ4v) is 4.06. The molecule has 0 saturated heterocycles.